The number of hydrogen-bond donors (Lipinski definition) is 3. The molecule has 0 aliphatic carbocycles. The number of aromatic amines is 1. The predicted octanol–water partition coefficient (Wildman–Crippen LogP) is 3.61. The number of nitrogens with zero attached hydrogens (tertiary/aromatic N) is 4. The molecule has 0 spiro atoms. The van der Waals surface area contributed by atoms with Gasteiger partial charge in [0.15, 0.2) is 23.2 Å². The van der Waals surface area contributed by atoms with Gasteiger partial charge in [-0.3, -0.25) is 19.3 Å². The van der Waals surface area contributed by atoms with Crippen LogP contribution < -0.4 is 16.0 Å². The lowest BCUT2D eigenvalue weighted by molar-refractivity contribution is -0.143. The van der Waals surface area contributed by atoms with Gasteiger partial charge in [-0.2, -0.15) is 0 Å². The number of nitrogens with two attached hydrogens (primary N) is 1. The van der Waals surface area contributed by atoms with E-state index in [0.717, 1.165) is 12.6 Å². The number of Topliss-reactive ketones (excluding diaryl/α,β-unsaturated/α-hetero) is 2. The number of ether oxygens (including phenoxy) is 2. The number of piperazine rings is 1. The third-order valence-corrected chi connectivity index (χ3v) is 7.14. The third-order valence-electron chi connectivity index (χ3n) is 7.14. The van der Waals surface area contributed by atoms with Crippen molar-refractivity contribution in [2.45, 2.75) is 39.0 Å². The molecule has 0 bridgehead atoms. The molecule has 230 valence electrons. The van der Waals surface area contributed by atoms with Crippen molar-refractivity contribution in [1.29, 1.82) is 0 Å². The van der Waals surface area contributed by atoms with Crippen LogP contribution in [-0.4, -0.2) is 83.5 Å². The van der Waals surface area contributed by atoms with Crippen LogP contribution in [0.25, 0.3) is 10.9 Å². The summed E-state index contributed by atoms with van der Waals surface area (Å²) in [5.41, 5.74) is 6.50. The van der Waals surface area contributed by atoms with Gasteiger partial charge in [0.1, 0.15) is 12.4 Å². The molecule has 4 heterocycles. The van der Waals surface area contributed by atoms with Gasteiger partial charge in [-0.25, -0.2) is 14.4 Å². The molecule has 0 aromatic carbocycles. The number of pyridine rings is 2. The van der Waals surface area contributed by atoms with Crippen LogP contribution in [0.4, 0.5) is 16.0 Å². The van der Waals surface area contributed by atoms with E-state index in [4.69, 9.17) is 15.2 Å². The Labute approximate surface area is 249 Å². The molecule has 4 rings (SSSR count). The van der Waals surface area contributed by atoms with Gasteiger partial charge >= 0.3 is 5.97 Å². The van der Waals surface area contributed by atoms with Gasteiger partial charge < -0.3 is 30.4 Å². The van der Waals surface area contributed by atoms with Gasteiger partial charge in [0.2, 0.25) is 0 Å². The predicted molar refractivity (Wildman–Crippen MR) is 160 cm³/mol. The number of carbonyl (C=O) groups is 3. The quantitative estimate of drug-likeness (QED) is 0.126. The highest BCUT2D eigenvalue weighted by molar-refractivity contribution is 6.10. The van der Waals surface area contributed by atoms with Crippen LogP contribution in [-0.2, 0) is 14.3 Å². The number of aromatic nitrogens is 3. The fourth-order valence-corrected chi connectivity index (χ4v) is 4.96. The second-order valence-electron chi connectivity index (χ2n) is 10.1. The minimum Gasteiger partial charge on any atom is -0.466 e. The molecule has 12 nitrogen and oxygen atoms in total. The zero-order valence-electron chi connectivity index (χ0n) is 24.3. The van der Waals surface area contributed by atoms with E-state index >= 15 is 0 Å². The Morgan fingerprint density at radius 3 is 2.65 bits per heavy atom. The van der Waals surface area contributed by atoms with Gasteiger partial charge in [-0.15, -0.1) is 0 Å². The maximum absolute atomic E-state index is 14.6. The Morgan fingerprint density at radius 1 is 1.09 bits per heavy atom. The number of unbranched alkanes of at least 4 members (excludes halogenated alkanes) is 2. The number of rotatable bonds is 16. The fraction of sp³-hybridized carbons (Fsp3) is 0.433. The SMILES string of the molecule is CCOC(=O)CCCCCC(=O)c1cccnc1N1CCN(COCC(=O)c2c[nH]c3c(N/C=C\N)ncc(F)c23)CC1. The van der Waals surface area contributed by atoms with E-state index in [1.165, 1.54) is 18.6 Å². The molecule has 1 fully saturated rings. The van der Waals surface area contributed by atoms with E-state index in [0.29, 0.717) is 81.2 Å². The Kier molecular flexibility index (Phi) is 11.6. The lowest BCUT2D eigenvalue weighted by Crippen LogP contribution is -2.47. The number of hydrogen-bond acceptors (Lipinski definition) is 11. The molecular formula is C30H38FN7O5. The van der Waals surface area contributed by atoms with Crippen LogP contribution in [0, 0.1) is 5.82 Å². The van der Waals surface area contributed by atoms with Crippen molar-refractivity contribution < 1.29 is 28.2 Å². The standard InChI is InChI=1S/C30H38FN7O5/c1-2-43-26(41)9-5-3-4-8-24(39)21-7-6-11-34-30(21)38-15-13-37(14-16-38)20-42-19-25(40)22-17-35-28-27(22)23(31)18-36-29(28)33-12-10-32/h6-7,10-12,17-18,35H,2-5,8-9,13-16,19-20,32H2,1H3,(H,33,36)/b12-10-. The summed E-state index contributed by atoms with van der Waals surface area (Å²) in [7, 11) is 0. The Balaban J connectivity index is 1.24. The zero-order valence-corrected chi connectivity index (χ0v) is 24.3. The molecule has 0 atom stereocenters. The monoisotopic (exact) mass is 595 g/mol. The first kappa shape index (κ1) is 31.6. The first-order valence-corrected chi connectivity index (χ1v) is 14.4. The maximum atomic E-state index is 14.6. The normalized spacial score (nSPS) is 14.0. The lowest BCUT2D eigenvalue weighted by atomic mass is 10.0. The Bertz CT molecular complexity index is 1440. The van der Waals surface area contributed by atoms with Crippen molar-refractivity contribution in [3.8, 4) is 0 Å². The summed E-state index contributed by atoms with van der Waals surface area (Å²) in [5.74, 6) is -0.120. The average molecular weight is 596 g/mol. The van der Waals surface area contributed by atoms with E-state index in [1.54, 1.807) is 19.2 Å². The van der Waals surface area contributed by atoms with Crippen LogP contribution >= 0.6 is 0 Å². The Morgan fingerprint density at radius 2 is 1.88 bits per heavy atom. The molecule has 0 amide bonds. The largest absolute Gasteiger partial charge is 0.466 e. The number of H-pyrrole nitrogens is 1. The minimum absolute atomic E-state index is 0.0340. The molecule has 0 saturated carbocycles. The number of nitrogens with one attached hydrogen (secondary N) is 2. The molecule has 43 heavy (non-hydrogen) atoms. The molecule has 0 radical (unpaired) electrons. The van der Waals surface area contributed by atoms with Crippen molar-refractivity contribution in [3.05, 3.63) is 60.1 Å². The summed E-state index contributed by atoms with van der Waals surface area (Å²) in [6, 6.07) is 3.57. The summed E-state index contributed by atoms with van der Waals surface area (Å²) in [6.07, 6.45) is 9.86. The first-order chi connectivity index (χ1) is 20.9. The zero-order chi connectivity index (χ0) is 30.6. The van der Waals surface area contributed by atoms with Crippen LogP contribution in [0.15, 0.2) is 43.1 Å². The summed E-state index contributed by atoms with van der Waals surface area (Å²) < 4.78 is 25.2. The number of halogens is 1. The van der Waals surface area contributed by atoms with Crippen molar-refractivity contribution in [2.24, 2.45) is 5.73 Å². The summed E-state index contributed by atoms with van der Waals surface area (Å²) in [5, 5.41) is 2.98. The summed E-state index contributed by atoms with van der Waals surface area (Å²) in [6.45, 7) is 4.78. The molecule has 1 saturated heterocycles. The number of carbonyl (C=O) groups excluding carboxylic acids is 3. The molecule has 13 heteroatoms. The smallest absolute Gasteiger partial charge is 0.305 e. The molecule has 3 aromatic heterocycles. The van der Waals surface area contributed by atoms with Crippen LogP contribution in [0.1, 0.15) is 59.7 Å². The molecule has 4 N–H and O–H groups in total. The minimum atomic E-state index is -0.612. The number of anilines is 2. The molecule has 1 aliphatic rings. The number of esters is 1. The van der Waals surface area contributed by atoms with Gasteiger partial charge in [-0.1, -0.05) is 6.42 Å². The van der Waals surface area contributed by atoms with Crippen LogP contribution in [0.3, 0.4) is 0 Å². The van der Waals surface area contributed by atoms with E-state index in [1.807, 2.05) is 6.07 Å². The van der Waals surface area contributed by atoms with Crippen molar-refractivity contribution >= 4 is 40.1 Å². The van der Waals surface area contributed by atoms with Crippen molar-refractivity contribution in [1.82, 2.24) is 19.9 Å². The van der Waals surface area contributed by atoms with Crippen LogP contribution in [0.2, 0.25) is 0 Å². The summed E-state index contributed by atoms with van der Waals surface area (Å²) >= 11 is 0. The molecule has 1 aliphatic heterocycles. The fourth-order valence-electron chi connectivity index (χ4n) is 4.96. The second-order valence-corrected chi connectivity index (χ2v) is 10.1. The van der Waals surface area contributed by atoms with Crippen molar-refractivity contribution in [2.75, 3.05) is 56.3 Å². The van der Waals surface area contributed by atoms with E-state index < -0.39 is 5.82 Å². The van der Waals surface area contributed by atoms with E-state index in [9.17, 15) is 18.8 Å². The van der Waals surface area contributed by atoms with Crippen LogP contribution in [0.5, 0.6) is 0 Å². The lowest BCUT2D eigenvalue weighted by Gasteiger charge is -2.35. The summed E-state index contributed by atoms with van der Waals surface area (Å²) in [4.78, 5) is 52.9. The van der Waals surface area contributed by atoms with E-state index in [2.05, 4.69) is 30.1 Å². The van der Waals surface area contributed by atoms with Crippen molar-refractivity contribution in [3.63, 3.8) is 0 Å². The van der Waals surface area contributed by atoms with E-state index in [-0.39, 0.29) is 41.8 Å². The maximum Gasteiger partial charge on any atom is 0.305 e. The van der Waals surface area contributed by atoms with Gasteiger partial charge in [0, 0.05) is 69.4 Å². The molecule has 3 aromatic rings. The van der Waals surface area contributed by atoms with Gasteiger partial charge in [0.05, 0.1) is 36.0 Å². The number of fused-ring (bicyclic) bond motifs is 1. The topological polar surface area (TPSA) is 156 Å². The molecule has 0 unspecified atom stereocenters. The third kappa shape index (κ3) is 8.36. The second kappa shape index (κ2) is 15.8. The number of ketones is 2. The highest BCUT2D eigenvalue weighted by Gasteiger charge is 2.23. The van der Waals surface area contributed by atoms with Gasteiger partial charge in [0.25, 0.3) is 0 Å². The van der Waals surface area contributed by atoms with Gasteiger partial charge in [-0.05, 0) is 31.9 Å². The highest BCUT2D eigenvalue weighted by Crippen LogP contribution is 2.27. The Hall–Kier alpha value is -4.36. The average Bonchev–Trinajstić information content (AvgIpc) is 3.48. The first-order valence-electron chi connectivity index (χ1n) is 14.4. The molecular weight excluding hydrogens is 557 g/mol. The highest BCUT2D eigenvalue weighted by atomic mass is 19.1.